The van der Waals surface area contributed by atoms with E-state index in [4.69, 9.17) is 11.6 Å². The number of rotatable bonds is 8. The van der Waals surface area contributed by atoms with Gasteiger partial charge in [0.25, 0.3) is 0 Å². The van der Waals surface area contributed by atoms with Crippen molar-refractivity contribution in [2.24, 2.45) is 0 Å². The van der Waals surface area contributed by atoms with Gasteiger partial charge in [0.1, 0.15) is 5.82 Å². The third-order valence-electron chi connectivity index (χ3n) is 3.80. The first-order chi connectivity index (χ1) is 12.7. The van der Waals surface area contributed by atoms with E-state index in [1.807, 2.05) is 65.5 Å². The Morgan fingerprint density at radius 3 is 2.62 bits per heavy atom. The minimum atomic E-state index is 0.0146. The maximum Gasteiger partial charge on any atom is 0.220 e. The number of amides is 1. The summed E-state index contributed by atoms with van der Waals surface area (Å²) in [6.07, 6.45) is 4.93. The highest BCUT2D eigenvalue weighted by Gasteiger charge is 2.03. The van der Waals surface area contributed by atoms with Crippen LogP contribution in [0.1, 0.15) is 12.0 Å². The summed E-state index contributed by atoms with van der Waals surface area (Å²) in [7, 11) is 0. The third kappa shape index (κ3) is 5.32. The zero-order valence-corrected chi connectivity index (χ0v) is 15.0. The van der Waals surface area contributed by atoms with Crippen molar-refractivity contribution in [2.45, 2.75) is 12.8 Å². The minimum absolute atomic E-state index is 0.0146. The molecule has 2 aromatic heterocycles. The number of anilines is 1. The first-order valence-electron chi connectivity index (χ1n) is 8.43. The molecule has 1 amide bonds. The molecule has 0 aliphatic rings. The van der Waals surface area contributed by atoms with E-state index in [9.17, 15) is 4.79 Å². The molecule has 134 valence electrons. The first kappa shape index (κ1) is 17.9. The van der Waals surface area contributed by atoms with E-state index < -0.39 is 0 Å². The average molecular weight is 370 g/mol. The fourth-order valence-electron chi connectivity index (χ4n) is 2.48. The van der Waals surface area contributed by atoms with Crippen molar-refractivity contribution in [1.29, 1.82) is 0 Å². The van der Waals surface area contributed by atoms with Gasteiger partial charge < -0.3 is 15.2 Å². The van der Waals surface area contributed by atoms with Crippen LogP contribution in [0.15, 0.2) is 60.9 Å². The monoisotopic (exact) mass is 369 g/mol. The molecule has 0 spiro atoms. The molecular formula is C19H20ClN5O. The van der Waals surface area contributed by atoms with Crippen LogP contribution in [0.4, 0.5) is 5.82 Å². The average Bonchev–Trinajstić information content (AvgIpc) is 3.19. The smallest absolute Gasteiger partial charge is 0.220 e. The van der Waals surface area contributed by atoms with Crippen molar-refractivity contribution in [3.63, 3.8) is 0 Å². The number of benzene rings is 1. The molecule has 0 fully saturated rings. The zero-order chi connectivity index (χ0) is 18.2. The summed E-state index contributed by atoms with van der Waals surface area (Å²) in [6.45, 7) is 1.11. The van der Waals surface area contributed by atoms with Crippen LogP contribution < -0.4 is 10.6 Å². The van der Waals surface area contributed by atoms with E-state index in [1.165, 1.54) is 0 Å². The predicted molar refractivity (Wildman–Crippen MR) is 103 cm³/mol. The zero-order valence-electron chi connectivity index (χ0n) is 14.2. The summed E-state index contributed by atoms with van der Waals surface area (Å²) in [4.78, 5) is 11.9. The van der Waals surface area contributed by atoms with Crippen molar-refractivity contribution in [3.8, 4) is 5.82 Å². The number of nitrogens with one attached hydrogen (secondary N) is 2. The summed E-state index contributed by atoms with van der Waals surface area (Å²) >= 11 is 5.94. The fourth-order valence-corrected chi connectivity index (χ4v) is 2.69. The molecule has 26 heavy (non-hydrogen) atoms. The largest absolute Gasteiger partial charge is 0.367 e. The second kappa shape index (κ2) is 9.01. The summed E-state index contributed by atoms with van der Waals surface area (Å²) in [5.74, 6) is 1.45. The van der Waals surface area contributed by atoms with E-state index in [-0.39, 0.29) is 5.91 Å². The lowest BCUT2D eigenvalue weighted by Crippen LogP contribution is -2.29. The summed E-state index contributed by atoms with van der Waals surface area (Å²) in [6, 6.07) is 15.2. The van der Waals surface area contributed by atoms with E-state index in [0.29, 0.717) is 36.8 Å². The highest BCUT2D eigenvalue weighted by atomic mass is 35.5. The van der Waals surface area contributed by atoms with Gasteiger partial charge >= 0.3 is 0 Å². The van der Waals surface area contributed by atoms with E-state index >= 15 is 0 Å². The molecule has 2 heterocycles. The number of carbonyl (C=O) groups excluding carboxylic acids is 1. The van der Waals surface area contributed by atoms with Crippen molar-refractivity contribution < 1.29 is 4.79 Å². The van der Waals surface area contributed by atoms with Gasteiger partial charge in [-0.2, -0.15) is 0 Å². The lowest BCUT2D eigenvalue weighted by Gasteiger charge is -2.08. The predicted octanol–water partition coefficient (Wildman–Crippen LogP) is 3.08. The second-order valence-electron chi connectivity index (χ2n) is 5.77. The maximum absolute atomic E-state index is 11.9. The van der Waals surface area contributed by atoms with Crippen molar-refractivity contribution >= 4 is 23.3 Å². The van der Waals surface area contributed by atoms with Gasteiger partial charge in [0.2, 0.25) is 5.91 Å². The molecule has 0 unspecified atom stereocenters. The van der Waals surface area contributed by atoms with E-state index in [1.54, 1.807) is 0 Å². The lowest BCUT2D eigenvalue weighted by molar-refractivity contribution is -0.120. The molecule has 6 nitrogen and oxygen atoms in total. The standard InChI is InChI=1S/C19H20ClN5O/c20-16-5-3-4-15(14-16)6-9-19(26)22-11-10-21-17-7-8-18(24-23-17)25-12-1-2-13-25/h1-5,7-8,12-14H,6,9-11H2,(H,21,23)(H,22,26). The van der Waals surface area contributed by atoms with Crippen LogP contribution in [0.3, 0.4) is 0 Å². The first-order valence-corrected chi connectivity index (χ1v) is 8.80. The lowest BCUT2D eigenvalue weighted by atomic mass is 10.1. The van der Waals surface area contributed by atoms with Crippen molar-refractivity contribution in [2.75, 3.05) is 18.4 Å². The molecule has 0 aliphatic heterocycles. The number of aromatic nitrogens is 3. The molecule has 3 aromatic rings. The summed E-state index contributed by atoms with van der Waals surface area (Å²) in [5, 5.41) is 15.0. The fraction of sp³-hybridized carbons (Fsp3) is 0.211. The van der Waals surface area contributed by atoms with Crippen molar-refractivity contribution in [1.82, 2.24) is 20.1 Å². The number of aryl methyl sites for hydroxylation is 1. The van der Waals surface area contributed by atoms with Crippen LogP contribution in [-0.4, -0.2) is 33.8 Å². The molecule has 0 radical (unpaired) electrons. The van der Waals surface area contributed by atoms with Gasteiger partial charge in [-0.25, -0.2) is 0 Å². The SMILES string of the molecule is O=C(CCc1cccc(Cl)c1)NCCNc1ccc(-n2cccc2)nn1. The Kier molecular flexibility index (Phi) is 6.22. The number of carbonyl (C=O) groups is 1. The van der Waals surface area contributed by atoms with Gasteiger partial charge in [-0.1, -0.05) is 23.7 Å². The van der Waals surface area contributed by atoms with Crippen LogP contribution in [-0.2, 0) is 11.2 Å². The molecule has 0 bridgehead atoms. The van der Waals surface area contributed by atoms with Gasteiger partial charge in [-0.05, 0) is 48.4 Å². The Balaban J connectivity index is 1.35. The van der Waals surface area contributed by atoms with Gasteiger partial charge in [-0.3, -0.25) is 4.79 Å². The molecule has 2 N–H and O–H groups in total. The number of hydrogen-bond acceptors (Lipinski definition) is 4. The van der Waals surface area contributed by atoms with Gasteiger partial charge in [0, 0.05) is 36.9 Å². The Hall–Kier alpha value is -2.86. The highest BCUT2D eigenvalue weighted by molar-refractivity contribution is 6.30. The second-order valence-corrected chi connectivity index (χ2v) is 6.21. The Morgan fingerprint density at radius 2 is 1.88 bits per heavy atom. The Morgan fingerprint density at radius 1 is 1.04 bits per heavy atom. The molecule has 0 saturated heterocycles. The molecule has 0 atom stereocenters. The number of hydrogen-bond donors (Lipinski definition) is 2. The Bertz CT molecular complexity index is 833. The molecule has 7 heteroatoms. The third-order valence-corrected chi connectivity index (χ3v) is 4.04. The summed E-state index contributed by atoms with van der Waals surface area (Å²) < 4.78 is 1.89. The Labute approximate surface area is 157 Å². The molecule has 3 rings (SSSR count). The number of halogens is 1. The molecule has 0 saturated carbocycles. The topological polar surface area (TPSA) is 71.8 Å². The normalized spacial score (nSPS) is 10.5. The van der Waals surface area contributed by atoms with E-state index in [2.05, 4.69) is 20.8 Å². The van der Waals surface area contributed by atoms with Crippen LogP contribution in [0.5, 0.6) is 0 Å². The van der Waals surface area contributed by atoms with Crippen LogP contribution in [0.2, 0.25) is 5.02 Å². The minimum Gasteiger partial charge on any atom is -0.367 e. The molecule has 0 aliphatic carbocycles. The van der Waals surface area contributed by atoms with Gasteiger partial charge in [-0.15, -0.1) is 10.2 Å². The quantitative estimate of drug-likeness (QED) is 0.598. The maximum atomic E-state index is 11.9. The van der Waals surface area contributed by atoms with Crippen molar-refractivity contribution in [3.05, 3.63) is 71.5 Å². The summed E-state index contributed by atoms with van der Waals surface area (Å²) in [5.41, 5.74) is 1.06. The molecule has 1 aromatic carbocycles. The van der Waals surface area contributed by atoms with E-state index in [0.717, 1.165) is 11.4 Å². The number of nitrogens with zero attached hydrogens (tertiary/aromatic N) is 3. The molecular weight excluding hydrogens is 350 g/mol. The van der Waals surface area contributed by atoms with Crippen LogP contribution >= 0.6 is 11.6 Å². The highest BCUT2D eigenvalue weighted by Crippen LogP contribution is 2.12. The van der Waals surface area contributed by atoms with Crippen LogP contribution in [0, 0.1) is 0 Å². The van der Waals surface area contributed by atoms with Crippen LogP contribution in [0.25, 0.3) is 5.82 Å². The van der Waals surface area contributed by atoms with Gasteiger partial charge in [0.15, 0.2) is 5.82 Å². The van der Waals surface area contributed by atoms with Gasteiger partial charge in [0.05, 0.1) is 0 Å².